The molecule has 2 aliphatic rings. The molecule has 1 aromatic rings. The first-order chi connectivity index (χ1) is 12.6. The number of ketones is 1. The molecule has 0 spiro atoms. The molecule has 1 N–H and O–H groups in total. The SMILES string of the molecule is COC(=O)c1c(CC(=O)N(C2CC2)C2CCS(=O)(=O)C2)[nH]c(C(C)=O)c1C. The molecule has 1 saturated carbocycles. The standard InChI is InChI=1S/C18H24N2O6S/c1-10-16(18(23)26-3)14(19-17(10)11(2)21)8-15(22)20(12-4-5-12)13-6-7-27(24,25)9-13/h12-13,19H,4-9H2,1-3H3. The Morgan fingerprint density at radius 3 is 2.33 bits per heavy atom. The van der Waals surface area contributed by atoms with Crippen molar-refractivity contribution < 1.29 is 27.5 Å². The van der Waals surface area contributed by atoms with Gasteiger partial charge in [0.25, 0.3) is 0 Å². The molecule has 1 saturated heterocycles. The molecule has 0 bridgehead atoms. The number of nitrogens with one attached hydrogen (secondary N) is 1. The van der Waals surface area contributed by atoms with Gasteiger partial charge in [-0.25, -0.2) is 13.2 Å². The predicted octanol–water partition coefficient (Wildman–Crippen LogP) is 1.03. The van der Waals surface area contributed by atoms with Gasteiger partial charge in [0.15, 0.2) is 15.6 Å². The van der Waals surface area contributed by atoms with Gasteiger partial charge in [0, 0.05) is 24.7 Å². The van der Waals surface area contributed by atoms with Crippen molar-refractivity contribution in [1.82, 2.24) is 9.88 Å². The maximum Gasteiger partial charge on any atom is 0.339 e. The topological polar surface area (TPSA) is 114 Å². The minimum absolute atomic E-state index is 0.0124. The molecule has 0 radical (unpaired) electrons. The van der Waals surface area contributed by atoms with Gasteiger partial charge in [-0.1, -0.05) is 0 Å². The summed E-state index contributed by atoms with van der Waals surface area (Å²) in [5.41, 5.74) is 1.27. The molecular weight excluding hydrogens is 372 g/mol. The van der Waals surface area contributed by atoms with Gasteiger partial charge in [-0.3, -0.25) is 9.59 Å². The Morgan fingerprint density at radius 2 is 1.85 bits per heavy atom. The Morgan fingerprint density at radius 1 is 1.19 bits per heavy atom. The number of aromatic nitrogens is 1. The molecule has 1 atom stereocenters. The highest BCUT2D eigenvalue weighted by atomic mass is 32.2. The summed E-state index contributed by atoms with van der Waals surface area (Å²) in [6.45, 7) is 3.01. The average molecular weight is 396 g/mol. The summed E-state index contributed by atoms with van der Waals surface area (Å²) >= 11 is 0. The second kappa shape index (κ2) is 7.10. The highest BCUT2D eigenvalue weighted by Gasteiger charge is 2.42. The number of sulfone groups is 1. The van der Waals surface area contributed by atoms with Gasteiger partial charge in [0.1, 0.15) is 0 Å². The average Bonchev–Trinajstić information content (AvgIpc) is 3.27. The lowest BCUT2D eigenvalue weighted by Crippen LogP contribution is -2.43. The number of rotatable bonds is 6. The van der Waals surface area contributed by atoms with Crippen LogP contribution in [0.3, 0.4) is 0 Å². The van der Waals surface area contributed by atoms with E-state index in [1.807, 2.05) is 0 Å². The molecule has 148 valence electrons. The molecular formula is C18H24N2O6S. The van der Waals surface area contributed by atoms with E-state index in [1.54, 1.807) is 11.8 Å². The van der Waals surface area contributed by atoms with Crippen molar-refractivity contribution in [3.05, 3.63) is 22.5 Å². The van der Waals surface area contributed by atoms with Gasteiger partial charge in [-0.05, 0) is 31.7 Å². The van der Waals surface area contributed by atoms with Crippen LogP contribution < -0.4 is 0 Å². The molecule has 2 fully saturated rings. The number of nitrogens with zero attached hydrogens (tertiary/aromatic N) is 1. The van der Waals surface area contributed by atoms with Crippen molar-refractivity contribution in [2.75, 3.05) is 18.6 Å². The quantitative estimate of drug-likeness (QED) is 0.568. The lowest BCUT2D eigenvalue weighted by molar-refractivity contribution is -0.133. The van der Waals surface area contributed by atoms with Crippen molar-refractivity contribution in [1.29, 1.82) is 0 Å². The molecule has 1 unspecified atom stereocenters. The van der Waals surface area contributed by atoms with Crippen LogP contribution >= 0.6 is 0 Å². The number of amides is 1. The van der Waals surface area contributed by atoms with E-state index in [2.05, 4.69) is 4.98 Å². The largest absolute Gasteiger partial charge is 0.465 e. The normalized spacial score (nSPS) is 21.1. The molecule has 1 amide bonds. The maximum absolute atomic E-state index is 13.0. The van der Waals surface area contributed by atoms with Crippen LogP contribution in [0.1, 0.15) is 58.3 Å². The molecule has 1 aliphatic carbocycles. The highest BCUT2D eigenvalue weighted by molar-refractivity contribution is 7.91. The lowest BCUT2D eigenvalue weighted by Gasteiger charge is -2.28. The maximum atomic E-state index is 13.0. The molecule has 27 heavy (non-hydrogen) atoms. The van der Waals surface area contributed by atoms with Gasteiger partial charge in [-0.15, -0.1) is 0 Å². The minimum Gasteiger partial charge on any atom is -0.465 e. The lowest BCUT2D eigenvalue weighted by atomic mass is 10.1. The molecule has 0 aromatic carbocycles. The van der Waals surface area contributed by atoms with Gasteiger partial charge in [0.05, 0.1) is 36.3 Å². The van der Waals surface area contributed by atoms with E-state index >= 15 is 0 Å². The van der Waals surface area contributed by atoms with Gasteiger partial charge < -0.3 is 14.6 Å². The Balaban J connectivity index is 1.89. The van der Waals surface area contributed by atoms with Crippen molar-refractivity contribution in [2.24, 2.45) is 0 Å². The number of Topliss-reactive ketones (excluding diaryl/α,β-unsaturated/α-hetero) is 1. The van der Waals surface area contributed by atoms with E-state index in [4.69, 9.17) is 4.74 Å². The number of methoxy groups -OCH3 is 1. The zero-order valence-corrected chi connectivity index (χ0v) is 16.5. The zero-order valence-electron chi connectivity index (χ0n) is 15.7. The number of hydrogen-bond donors (Lipinski definition) is 1. The van der Waals surface area contributed by atoms with Crippen molar-refractivity contribution in [3.63, 3.8) is 0 Å². The number of aromatic amines is 1. The van der Waals surface area contributed by atoms with Crippen LogP contribution in [0.2, 0.25) is 0 Å². The predicted molar refractivity (Wildman–Crippen MR) is 97.5 cm³/mol. The van der Waals surface area contributed by atoms with E-state index in [-0.39, 0.29) is 53.0 Å². The number of carbonyl (C=O) groups is 3. The van der Waals surface area contributed by atoms with Gasteiger partial charge >= 0.3 is 5.97 Å². The number of H-pyrrole nitrogens is 1. The van der Waals surface area contributed by atoms with E-state index in [9.17, 15) is 22.8 Å². The fraction of sp³-hybridized carbons (Fsp3) is 0.611. The molecule has 1 aromatic heterocycles. The van der Waals surface area contributed by atoms with Crippen molar-refractivity contribution in [3.8, 4) is 0 Å². The van der Waals surface area contributed by atoms with Crippen LogP contribution in [-0.2, 0) is 25.8 Å². The molecule has 3 rings (SSSR count). The monoisotopic (exact) mass is 396 g/mol. The smallest absolute Gasteiger partial charge is 0.339 e. The summed E-state index contributed by atoms with van der Waals surface area (Å²) < 4.78 is 28.5. The van der Waals surface area contributed by atoms with Crippen LogP contribution in [0.4, 0.5) is 0 Å². The summed E-state index contributed by atoms with van der Waals surface area (Å²) in [4.78, 5) is 41.6. The first-order valence-electron chi connectivity index (χ1n) is 8.97. The third-order valence-corrected chi connectivity index (χ3v) is 6.98. The number of esters is 1. The second-order valence-electron chi connectivity index (χ2n) is 7.29. The number of ether oxygens (including phenoxy) is 1. The van der Waals surface area contributed by atoms with E-state index < -0.39 is 15.8 Å². The van der Waals surface area contributed by atoms with Crippen molar-refractivity contribution >= 4 is 27.5 Å². The highest BCUT2D eigenvalue weighted by Crippen LogP contribution is 2.33. The molecule has 8 nitrogen and oxygen atoms in total. The second-order valence-corrected chi connectivity index (χ2v) is 9.52. The van der Waals surface area contributed by atoms with E-state index in [1.165, 1.54) is 14.0 Å². The molecule has 9 heteroatoms. The molecule has 1 aliphatic heterocycles. The zero-order chi connectivity index (χ0) is 19.9. The summed E-state index contributed by atoms with van der Waals surface area (Å²) in [6, 6.07) is -0.263. The summed E-state index contributed by atoms with van der Waals surface area (Å²) in [5, 5.41) is 0. The van der Waals surface area contributed by atoms with Gasteiger partial charge in [0.2, 0.25) is 5.91 Å². The van der Waals surface area contributed by atoms with Crippen LogP contribution in [-0.4, -0.2) is 66.7 Å². The third-order valence-electron chi connectivity index (χ3n) is 5.23. The Labute approximate surface area is 158 Å². The Bertz CT molecular complexity index is 897. The minimum atomic E-state index is -3.11. The van der Waals surface area contributed by atoms with Gasteiger partial charge in [-0.2, -0.15) is 0 Å². The Kier molecular flexibility index (Phi) is 5.16. The number of hydrogen-bond acceptors (Lipinski definition) is 6. The van der Waals surface area contributed by atoms with Crippen LogP contribution in [0, 0.1) is 6.92 Å². The first-order valence-corrected chi connectivity index (χ1v) is 10.8. The van der Waals surface area contributed by atoms with Crippen LogP contribution in [0.15, 0.2) is 0 Å². The summed E-state index contributed by atoms with van der Waals surface area (Å²) in [6.07, 6.45) is 2.05. The van der Waals surface area contributed by atoms with E-state index in [0.29, 0.717) is 17.7 Å². The van der Waals surface area contributed by atoms with Crippen LogP contribution in [0.5, 0.6) is 0 Å². The summed E-state index contributed by atoms with van der Waals surface area (Å²) in [7, 11) is -1.87. The summed E-state index contributed by atoms with van der Waals surface area (Å²) in [5.74, 6) is -1.00. The number of carbonyl (C=O) groups excluding carboxylic acids is 3. The third kappa shape index (κ3) is 3.92. The molecule has 2 heterocycles. The fourth-order valence-electron chi connectivity index (χ4n) is 3.82. The van der Waals surface area contributed by atoms with Crippen LogP contribution in [0.25, 0.3) is 0 Å². The van der Waals surface area contributed by atoms with Crippen molar-refractivity contribution in [2.45, 2.75) is 51.6 Å². The van der Waals surface area contributed by atoms with E-state index in [0.717, 1.165) is 12.8 Å². The first kappa shape index (κ1) is 19.6. The Hall–Kier alpha value is -2.16. The fourth-order valence-corrected chi connectivity index (χ4v) is 5.53.